The van der Waals surface area contributed by atoms with Gasteiger partial charge < -0.3 is 15.2 Å². The molecule has 0 heterocycles. The number of nitrogens with one attached hydrogen (secondary N) is 1. The zero-order valence-electron chi connectivity index (χ0n) is 14.0. The molecule has 5 nitrogen and oxygen atoms in total. The highest BCUT2D eigenvalue weighted by molar-refractivity contribution is 5.77. The lowest BCUT2D eigenvalue weighted by Gasteiger charge is -2.17. The lowest BCUT2D eigenvalue weighted by Crippen LogP contribution is -2.30. The fourth-order valence-electron chi connectivity index (χ4n) is 2.34. The molecule has 0 fully saturated rings. The maximum absolute atomic E-state index is 13.0. The van der Waals surface area contributed by atoms with Crippen LogP contribution in [-0.4, -0.2) is 23.6 Å². The Morgan fingerprint density at radius 2 is 1.58 bits per heavy atom. The Kier molecular flexibility index (Phi) is 7.08. The van der Waals surface area contributed by atoms with Crippen LogP contribution in [0.4, 0.5) is 8.78 Å². The second-order valence-corrected chi connectivity index (χ2v) is 5.68. The van der Waals surface area contributed by atoms with Crippen molar-refractivity contribution in [2.75, 3.05) is 6.61 Å². The van der Waals surface area contributed by atoms with E-state index in [2.05, 4.69) is 5.32 Å². The molecule has 0 aromatic heterocycles. The fourth-order valence-corrected chi connectivity index (χ4v) is 2.34. The van der Waals surface area contributed by atoms with Crippen molar-refractivity contribution in [2.45, 2.75) is 25.3 Å². The molecule has 0 saturated carbocycles. The van der Waals surface area contributed by atoms with Crippen LogP contribution < -0.4 is 10.1 Å². The molecule has 2 aromatic rings. The molecule has 1 unspecified atom stereocenters. The lowest BCUT2D eigenvalue weighted by molar-refractivity contribution is -0.137. The van der Waals surface area contributed by atoms with Crippen molar-refractivity contribution in [1.29, 1.82) is 0 Å². The molecule has 1 atom stereocenters. The second-order valence-electron chi connectivity index (χ2n) is 5.68. The molecule has 7 heteroatoms. The van der Waals surface area contributed by atoms with Crippen molar-refractivity contribution >= 4 is 11.9 Å². The third-order valence-corrected chi connectivity index (χ3v) is 3.62. The van der Waals surface area contributed by atoms with Crippen molar-refractivity contribution in [3.8, 4) is 5.75 Å². The van der Waals surface area contributed by atoms with Crippen LogP contribution in [0.5, 0.6) is 5.75 Å². The van der Waals surface area contributed by atoms with Crippen molar-refractivity contribution in [2.24, 2.45) is 0 Å². The smallest absolute Gasteiger partial charge is 0.305 e. The summed E-state index contributed by atoms with van der Waals surface area (Å²) < 4.78 is 31.2. The van der Waals surface area contributed by atoms with Gasteiger partial charge in [0.1, 0.15) is 17.4 Å². The molecular weight excluding hydrogens is 344 g/mol. The lowest BCUT2D eigenvalue weighted by atomic mass is 10.0. The Bertz CT molecular complexity index is 732. The average Bonchev–Trinajstić information content (AvgIpc) is 2.60. The minimum absolute atomic E-state index is 0.137. The van der Waals surface area contributed by atoms with Crippen LogP contribution in [0.1, 0.15) is 30.9 Å². The van der Waals surface area contributed by atoms with E-state index in [9.17, 15) is 18.4 Å². The van der Waals surface area contributed by atoms with E-state index in [1.807, 2.05) is 0 Å². The van der Waals surface area contributed by atoms with Gasteiger partial charge in [-0.05, 0) is 48.4 Å². The molecule has 0 spiro atoms. The number of hydrogen-bond donors (Lipinski definition) is 2. The van der Waals surface area contributed by atoms with Gasteiger partial charge in [0, 0.05) is 6.42 Å². The van der Waals surface area contributed by atoms with Crippen LogP contribution in [0.25, 0.3) is 0 Å². The van der Waals surface area contributed by atoms with E-state index >= 15 is 0 Å². The number of carbonyl (C=O) groups excluding carboxylic acids is 1. The molecule has 2 N–H and O–H groups in total. The van der Waals surface area contributed by atoms with E-state index < -0.39 is 17.8 Å². The van der Waals surface area contributed by atoms with Crippen LogP contribution in [0.2, 0.25) is 0 Å². The molecule has 138 valence electrons. The molecule has 0 radical (unpaired) electrons. The number of rotatable bonds is 9. The van der Waals surface area contributed by atoms with Crippen LogP contribution in [-0.2, 0) is 9.59 Å². The summed E-state index contributed by atoms with van der Waals surface area (Å²) in [6.45, 7) is 0.263. The van der Waals surface area contributed by atoms with E-state index in [1.165, 1.54) is 48.5 Å². The van der Waals surface area contributed by atoms with Gasteiger partial charge in [-0.3, -0.25) is 9.59 Å². The monoisotopic (exact) mass is 363 g/mol. The number of carboxylic acids is 1. The van der Waals surface area contributed by atoms with Gasteiger partial charge in [-0.2, -0.15) is 0 Å². The van der Waals surface area contributed by atoms with Gasteiger partial charge >= 0.3 is 5.97 Å². The predicted octanol–water partition coefficient (Wildman–Crippen LogP) is 3.46. The Balaban J connectivity index is 1.81. The Labute approximate surface area is 149 Å². The summed E-state index contributed by atoms with van der Waals surface area (Å²) in [7, 11) is 0. The first-order valence-electron chi connectivity index (χ1n) is 8.09. The van der Waals surface area contributed by atoms with E-state index in [0.717, 1.165) is 0 Å². The van der Waals surface area contributed by atoms with E-state index in [0.29, 0.717) is 17.7 Å². The van der Waals surface area contributed by atoms with Crippen molar-refractivity contribution in [3.05, 3.63) is 65.7 Å². The largest absolute Gasteiger partial charge is 0.494 e. The van der Waals surface area contributed by atoms with E-state index in [-0.39, 0.29) is 31.2 Å². The summed E-state index contributed by atoms with van der Waals surface area (Å²) in [6.07, 6.45) is 0.244. The third-order valence-electron chi connectivity index (χ3n) is 3.62. The summed E-state index contributed by atoms with van der Waals surface area (Å²) >= 11 is 0. The Hall–Kier alpha value is -2.96. The molecular formula is C19H19F2NO4. The zero-order valence-corrected chi connectivity index (χ0v) is 14.0. The normalized spacial score (nSPS) is 11.6. The fraction of sp³-hybridized carbons (Fsp3) is 0.263. The van der Waals surface area contributed by atoms with Crippen molar-refractivity contribution in [1.82, 2.24) is 5.32 Å². The zero-order chi connectivity index (χ0) is 18.9. The van der Waals surface area contributed by atoms with Gasteiger partial charge in [-0.1, -0.05) is 12.1 Å². The standard InChI is InChI=1S/C19H19F2NO4/c20-14-5-3-13(4-6-14)17(12-19(24)25)22-18(23)2-1-11-26-16-9-7-15(21)8-10-16/h3-10,17H,1-2,11-12H2,(H,22,23)(H,24,25). The summed E-state index contributed by atoms with van der Waals surface area (Å²) in [5.41, 5.74) is 0.518. The summed E-state index contributed by atoms with van der Waals surface area (Å²) in [4.78, 5) is 23.0. The highest BCUT2D eigenvalue weighted by Gasteiger charge is 2.18. The maximum atomic E-state index is 13.0. The first-order valence-corrected chi connectivity index (χ1v) is 8.09. The molecule has 0 aliphatic rings. The summed E-state index contributed by atoms with van der Waals surface area (Å²) in [5, 5.41) is 11.6. The number of amides is 1. The second kappa shape index (κ2) is 9.50. The number of hydrogen-bond acceptors (Lipinski definition) is 3. The van der Waals surface area contributed by atoms with Crippen molar-refractivity contribution < 1.29 is 28.2 Å². The van der Waals surface area contributed by atoms with Crippen LogP contribution in [0, 0.1) is 11.6 Å². The van der Waals surface area contributed by atoms with Gasteiger partial charge in [0.25, 0.3) is 0 Å². The molecule has 0 aliphatic heterocycles. The highest BCUT2D eigenvalue weighted by Crippen LogP contribution is 2.18. The molecule has 0 bridgehead atoms. The van der Waals surface area contributed by atoms with Crippen LogP contribution in [0.3, 0.4) is 0 Å². The molecule has 26 heavy (non-hydrogen) atoms. The van der Waals surface area contributed by atoms with Crippen LogP contribution >= 0.6 is 0 Å². The van der Waals surface area contributed by atoms with E-state index in [1.54, 1.807) is 0 Å². The maximum Gasteiger partial charge on any atom is 0.305 e. The van der Waals surface area contributed by atoms with Crippen molar-refractivity contribution in [3.63, 3.8) is 0 Å². The van der Waals surface area contributed by atoms with Gasteiger partial charge in [-0.15, -0.1) is 0 Å². The van der Waals surface area contributed by atoms with Gasteiger partial charge in [0.15, 0.2) is 0 Å². The number of benzene rings is 2. The Morgan fingerprint density at radius 1 is 1.00 bits per heavy atom. The number of halogens is 2. The molecule has 2 rings (SSSR count). The van der Waals surface area contributed by atoms with Crippen LogP contribution in [0.15, 0.2) is 48.5 Å². The molecule has 2 aromatic carbocycles. The minimum atomic E-state index is -1.07. The minimum Gasteiger partial charge on any atom is -0.494 e. The predicted molar refractivity (Wildman–Crippen MR) is 90.7 cm³/mol. The third kappa shape index (κ3) is 6.51. The topological polar surface area (TPSA) is 75.6 Å². The average molecular weight is 363 g/mol. The molecule has 1 amide bonds. The SMILES string of the molecule is O=C(O)CC(NC(=O)CCCOc1ccc(F)cc1)c1ccc(F)cc1. The number of carboxylic acid groups (broad SMARTS) is 1. The molecule has 0 saturated heterocycles. The number of aliphatic carboxylic acids is 1. The summed E-state index contributed by atoms with van der Waals surface area (Å²) in [6, 6.07) is 10.1. The quantitative estimate of drug-likeness (QED) is 0.669. The van der Waals surface area contributed by atoms with Gasteiger partial charge in [0.2, 0.25) is 5.91 Å². The number of carbonyl (C=O) groups is 2. The van der Waals surface area contributed by atoms with Gasteiger partial charge in [0.05, 0.1) is 19.1 Å². The summed E-state index contributed by atoms with van der Waals surface area (Å²) in [5.74, 6) is -1.70. The first-order chi connectivity index (χ1) is 12.4. The number of ether oxygens (including phenoxy) is 1. The Morgan fingerprint density at radius 3 is 2.15 bits per heavy atom. The first kappa shape index (κ1) is 19.4. The molecule has 0 aliphatic carbocycles. The van der Waals surface area contributed by atoms with Gasteiger partial charge in [-0.25, -0.2) is 8.78 Å². The highest BCUT2D eigenvalue weighted by atomic mass is 19.1. The van der Waals surface area contributed by atoms with E-state index in [4.69, 9.17) is 9.84 Å².